The highest BCUT2D eigenvalue weighted by molar-refractivity contribution is 5.91. The lowest BCUT2D eigenvalue weighted by Crippen LogP contribution is -2.44. The highest BCUT2D eigenvalue weighted by atomic mass is 16.6. The number of hydrazine groups is 1. The Hall–Kier alpha value is -2.44. The number of methoxy groups -OCH3 is 1. The monoisotopic (exact) mass is 267 g/mol. The number of rotatable bonds is 3. The Bertz CT molecular complexity index is 462. The van der Waals surface area contributed by atoms with Crippen LogP contribution < -0.4 is 20.9 Å². The zero-order chi connectivity index (χ0) is 14.3. The van der Waals surface area contributed by atoms with Crippen LogP contribution in [0, 0.1) is 6.92 Å². The van der Waals surface area contributed by atoms with E-state index >= 15 is 0 Å². The van der Waals surface area contributed by atoms with Gasteiger partial charge in [0.05, 0.1) is 19.4 Å². The molecule has 0 aliphatic carbocycles. The molecule has 0 aromatic heterocycles. The molecule has 1 aromatic carbocycles. The van der Waals surface area contributed by atoms with Crippen LogP contribution in [0.25, 0.3) is 0 Å². The van der Waals surface area contributed by atoms with E-state index in [1.807, 2.05) is 13.0 Å². The van der Waals surface area contributed by atoms with Gasteiger partial charge in [0.25, 0.3) is 0 Å². The first-order valence-electron chi connectivity index (χ1n) is 5.71. The van der Waals surface area contributed by atoms with E-state index in [-0.39, 0.29) is 6.61 Å². The quantitative estimate of drug-likeness (QED) is 0.728. The predicted octanol–water partition coefficient (Wildman–Crippen LogP) is 1.79. The van der Waals surface area contributed by atoms with Gasteiger partial charge in [-0.15, -0.1) is 0 Å². The van der Waals surface area contributed by atoms with Crippen LogP contribution in [0.4, 0.5) is 15.3 Å². The molecular weight excluding hydrogens is 250 g/mol. The average Bonchev–Trinajstić information content (AvgIpc) is 2.37. The van der Waals surface area contributed by atoms with Crippen molar-refractivity contribution in [1.29, 1.82) is 0 Å². The van der Waals surface area contributed by atoms with Gasteiger partial charge in [-0.1, -0.05) is 6.07 Å². The van der Waals surface area contributed by atoms with E-state index in [1.165, 1.54) is 7.11 Å². The minimum absolute atomic E-state index is 0.223. The number of aryl methyl sites for hydroxylation is 1. The molecular formula is C12H17N3O4. The number of amides is 3. The van der Waals surface area contributed by atoms with Crippen LogP contribution in [0.1, 0.15) is 12.5 Å². The fraction of sp³-hybridized carbons (Fsp3) is 0.333. The Morgan fingerprint density at radius 1 is 1.26 bits per heavy atom. The molecule has 0 saturated heterocycles. The molecule has 3 N–H and O–H groups in total. The number of anilines is 1. The van der Waals surface area contributed by atoms with Crippen molar-refractivity contribution in [2.45, 2.75) is 13.8 Å². The molecule has 0 fully saturated rings. The van der Waals surface area contributed by atoms with Crippen LogP contribution in [0.2, 0.25) is 0 Å². The third-order valence-corrected chi connectivity index (χ3v) is 2.16. The van der Waals surface area contributed by atoms with Gasteiger partial charge >= 0.3 is 12.1 Å². The second-order valence-corrected chi connectivity index (χ2v) is 3.63. The van der Waals surface area contributed by atoms with Gasteiger partial charge in [-0.25, -0.2) is 20.4 Å². The van der Waals surface area contributed by atoms with Crippen LogP contribution in [-0.2, 0) is 4.74 Å². The Morgan fingerprint density at radius 2 is 2.00 bits per heavy atom. The Labute approximate surface area is 111 Å². The maximum atomic E-state index is 11.6. The lowest BCUT2D eigenvalue weighted by molar-refractivity contribution is 0.148. The highest BCUT2D eigenvalue weighted by Gasteiger charge is 2.08. The summed E-state index contributed by atoms with van der Waals surface area (Å²) in [5, 5.41) is 2.55. The van der Waals surface area contributed by atoms with Gasteiger partial charge in [-0.05, 0) is 31.5 Å². The van der Waals surface area contributed by atoms with Crippen molar-refractivity contribution < 1.29 is 19.1 Å². The Balaban J connectivity index is 2.57. The predicted molar refractivity (Wildman–Crippen MR) is 70.0 cm³/mol. The Kier molecular flexibility index (Phi) is 5.46. The molecule has 1 rings (SSSR count). The molecule has 0 unspecified atom stereocenters. The van der Waals surface area contributed by atoms with E-state index in [2.05, 4.69) is 20.9 Å². The third-order valence-electron chi connectivity index (χ3n) is 2.16. The molecule has 0 radical (unpaired) electrons. The SMILES string of the molecule is CCOC(=O)NNC(=O)Nc1cc(C)ccc1OC. The van der Waals surface area contributed by atoms with Crippen LogP contribution in [-0.4, -0.2) is 25.8 Å². The zero-order valence-electron chi connectivity index (χ0n) is 11.1. The average molecular weight is 267 g/mol. The van der Waals surface area contributed by atoms with Crippen LogP contribution >= 0.6 is 0 Å². The van der Waals surface area contributed by atoms with E-state index in [9.17, 15) is 9.59 Å². The summed E-state index contributed by atoms with van der Waals surface area (Å²) in [6, 6.07) is 4.75. The van der Waals surface area contributed by atoms with Gasteiger partial charge < -0.3 is 14.8 Å². The largest absolute Gasteiger partial charge is 0.495 e. The lowest BCUT2D eigenvalue weighted by atomic mass is 10.2. The number of carbonyl (C=O) groups excluding carboxylic acids is 2. The molecule has 0 heterocycles. The number of carbonyl (C=O) groups is 2. The fourth-order valence-electron chi connectivity index (χ4n) is 1.35. The summed E-state index contributed by atoms with van der Waals surface area (Å²) in [6.07, 6.45) is -0.728. The molecule has 3 amide bonds. The summed E-state index contributed by atoms with van der Waals surface area (Å²) in [4.78, 5) is 22.5. The number of urea groups is 1. The summed E-state index contributed by atoms with van der Waals surface area (Å²) in [7, 11) is 1.50. The molecule has 7 nitrogen and oxygen atoms in total. The summed E-state index contributed by atoms with van der Waals surface area (Å²) < 4.78 is 9.70. The van der Waals surface area contributed by atoms with Crippen molar-refractivity contribution in [3.8, 4) is 5.75 Å². The lowest BCUT2D eigenvalue weighted by Gasteiger charge is -2.12. The molecule has 0 aliphatic heterocycles. The van der Waals surface area contributed by atoms with Crippen molar-refractivity contribution in [2.24, 2.45) is 0 Å². The second-order valence-electron chi connectivity index (χ2n) is 3.63. The number of ether oxygens (including phenoxy) is 2. The normalized spacial score (nSPS) is 9.42. The van der Waals surface area contributed by atoms with Crippen LogP contribution in [0.3, 0.4) is 0 Å². The van der Waals surface area contributed by atoms with E-state index in [0.717, 1.165) is 5.56 Å². The topological polar surface area (TPSA) is 88.7 Å². The molecule has 0 atom stereocenters. The summed E-state index contributed by atoms with van der Waals surface area (Å²) in [5.74, 6) is 0.525. The maximum absolute atomic E-state index is 11.6. The standard InChI is InChI=1S/C12H17N3O4/c1-4-19-12(17)15-14-11(16)13-9-7-8(2)5-6-10(9)18-3/h5-7H,4H2,1-3H3,(H,15,17)(H2,13,14,16). The van der Waals surface area contributed by atoms with Gasteiger partial charge in [0.15, 0.2) is 0 Å². The molecule has 0 saturated carbocycles. The van der Waals surface area contributed by atoms with E-state index < -0.39 is 12.1 Å². The first-order valence-corrected chi connectivity index (χ1v) is 5.71. The molecule has 104 valence electrons. The zero-order valence-corrected chi connectivity index (χ0v) is 11.1. The van der Waals surface area contributed by atoms with Gasteiger partial charge in [0, 0.05) is 0 Å². The third kappa shape index (κ3) is 4.74. The summed E-state index contributed by atoms with van der Waals surface area (Å²) >= 11 is 0. The van der Waals surface area contributed by atoms with Gasteiger partial charge in [0.2, 0.25) is 0 Å². The molecule has 0 bridgehead atoms. The van der Waals surface area contributed by atoms with Crippen molar-refractivity contribution in [3.63, 3.8) is 0 Å². The molecule has 1 aromatic rings. The van der Waals surface area contributed by atoms with E-state index in [4.69, 9.17) is 4.74 Å². The first-order chi connectivity index (χ1) is 9.06. The van der Waals surface area contributed by atoms with E-state index in [1.54, 1.807) is 19.1 Å². The maximum Gasteiger partial charge on any atom is 0.426 e. The fourth-order valence-corrected chi connectivity index (χ4v) is 1.35. The Morgan fingerprint density at radius 3 is 2.63 bits per heavy atom. The van der Waals surface area contributed by atoms with Crippen molar-refractivity contribution in [1.82, 2.24) is 10.9 Å². The first kappa shape index (κ1) is 14.6. The van der Waals surface area contributed by atoms with Crippen LogP contribution in [0.5, 0.6) is 5.75 Å². The summed E-state index contributed by atoms with van der Waals surface area (Å²) in [5.41, 5.74) is 5.72. The minimum atomic E-state index is -0.728. The number of nitrogens with one attached hydrogen (secondary N) is 3. The highest BCUT2D eigenvalue weighted by Crippen LogP contribution is 2.24. The molecule has 7 heteroatoms. The minimum Gasteiger partial charge on any atom is -0.495 e. The van der Waals surface area contributed by atoms with Crippen molar-refractivity contribution in [2.75, 3.05) is 19.0 Å². The molecule has 19 heavy (non-hydrogen) atoms. The summed E-state index contributed by atoms with van der Waals surface area (Å²) in [6.45, 7) is 3.78. The number of hydrogen-bond donors (Lipinski definition) is 3. The van der Waals surface area contributed by atoms with Gasteiger partial charge in [-0.3, -0.25) is 0 Å². The van der Waals surface area contributed by atoms with Crippen molar-refractivity contribution >= 4 is 17.8 Å². The van der Waals surface area contributed by atoms with E-state index in [0.29, 0.717) is 11.4 Å². The number of hydrogen-bond acceptors (Lipinski definition) is 4. The van der Waals surface area contributed by atoms with Crippen molar-refractivity contribution in [3.05, 3.63) is 23.8 Å². The van der Waals surface area contributed by atoms with Gasteiger partial charge in [-0.2, -0.15) is 0 Å². The number of benzene rings is 1. The van der Waals surface area contributed by atoms with Crippen LogP contribution in [0.15, 0.2) is 18.2 Å². The molecule has 0 spiro atoms. The second kappa shape index (κ2) is 7.10. The van der Waals surface area contributed by atoms with Gasteiger partial charge in [0.1, 0.15) is 5.75 Å². The molecule has 0 aliphatic rings. The smallest absolute Gasteiger partial charge is 0.426 e.